The summed E-state index contributed by atoms with van der Waals surface area (Å²) in [7, 11) is 0. The van der Waals surface area contributed by atoms with Crippen LogP contribution in [-0.4, -0.2) is 38.7 Å². The predicted octanol–water partition coefficient (Wildman–Crippen LogP) is 4.39. The van der Waals surface area contributed by atoms with Gasteiger partial charge in [-0.2, -0.15) is 0 Å². The Morgan fingerprint density at radius 1 is 1.36 bits per heavy atom. The molecule has 3 aromatic heterocycles. The lowest BCUT2D eigenvalue weighted by atomic mass is 9.75. The van der Waals surface area contributed by atoms with Crippen molar-refractivity contribution in [3.05, 3.63) is 42.5 Å². The van der Waals surface area contributed by atoms with Gasteiger partial charge in [-0.15, -0.1) is 0 Å². The molecule has 28 heavy (non-hydrogen) atoms. The van der Waals surface area contributed by atoms with Crippen LogP contribution < -0.4 is 4.90 Å². The van der Waals surface area contributed by atoms with E-state index in [9.17, 15) is 9.50 Å². The highest BCUT2D eigenvalue weighted by Crippen LogP contribution is 2.36. The second kappa shape index (κ2) is 7.17. The van der Waals surface area contributed by atoms with Crippen LogP contribution in [-0.2, 0) is 0 Å². The predicted molar refractivity (Wildman–Crippen MR) is 110 cm³/mol. The van der Waals surface area contributed by atoms with Crippen LogP contribution in [0.25, 0.3) is 22.3 Å². The fraction of sp³-hybridized carbons (Fsp3) is 0.455. The van der Waals surface area contributed by atoms with Gasteiger partial charge in [0.15, 0.2) is 0 Å². The van der Waals surface area contributed by atoms with Crippen LogP contribution in [0.2, 0.25) is 0 Å². The zero-order valence-electron chi connectivity index (χ0n) is 16.6. The van der Waals surface area contributed by atoms with E-state index in [0.717, 1.165) is 36.4 Å². The first-order valence-corrected chi connectivity index (χ1v) is 9.97. The molecule has 148 valence electrons. The first kappa shape index (κ1) is 18.9. The number of rotatable bonds is 4. The van der Waals surface area contributed by atoms with Gasteiger partial charge in [-0.3, -0.25) is 0 Å². The Hall–Kier alpha value is -2.47. The largest absolute Gasteiger partial charge is 0.390 e. The van der Waals surface area contributed by atoms with Crippen molar-refractivity contribution in [2.75, 3.05) is 18.0 Å². The quantitative estimate of drug-likeness (QED) is 0.702. The summed E-state index contributed by atoms with van der Waals surface area (Å²) < 4.78 is 14.7. The molecule has 3 atom stereocenters. The lowest BCUT2D eigenvalue weighted by Crippen LogP contribution is -2.50. The maximum absolute atomic E-state index is 14.7. The molecule has 1 aliphatic rings. The van der Waals surface area contributed by atoms with Crippen LogP contribution in [0, 0.1) is 17.7 Å². The molecule has 0 spiro atoms. The molecule has 0 bridgehead atoms. The summed E-state index contributed by atoms with van der Waals surface area (Å²) in [4.78, 5) is 14.2. The van der Waals surface area contributed by atoms with Gasteiger partial charge in [-0.1, -0.05) is 13.8 Å². The molecule has 0 saturated carbocycles. The van der Waals surface area contributed by atoms with Gasteiger partial charge in [0.05, 0.1) is 5.60 Å². The number of nitrogens with zero attached hydrogens (tertiary/aromatic N) is 3. The average Bonchev–Trinajstić information content (AvgIpc) is 3.13. The molecule has 4 rings (SSSR count). The van der Waals surface area contributed by atoms with E-state index < -0.39 is 5.60 Å². The SMILES string of the molecule is CCC(C)(O)C1CN(c2ccc(F)c(-c3c[nH]c4ncccc34)n2)CCC1C. The number of pyridine rings is 2. The van der Waals surface area contributed by atoms with Crippen molar-refractivity contribution >= 4 is 16.9 Å². The first-order chi connectivity index (χ1) is 13.4. The van der Waals surface area contributed by atoms with Crippen molar-refractivity contribution in [2.45, 2.75) is 39.2 Å². The third-order valence-corrected chi connectivity index (χ3v) is 6.33. The van der Waals surface area contributed by atoms with Crippen molar-refractivity contribution < 1.29 is 9.50 Å². The molecule has 4 heterocycles. The number of hydrogen-bond acceptors (Lipinski definition) is 4. The Balaban J connectivity index is 1.69. The summed E-state index contributed by atoms with van der Waals surface area (Å²) in [6.45, 7) is 7.71. The van der Waals surface area contributed by atoms with Gasteiger partial charge in [-0.25, -0.2) is 14.4 Å². The van der Waals surface area contributed by atoms with Gasteiger partial charge in [0.1, 0.15) is 23.0 Å². The number of nitrogens with one attached hydrogen (secondary N) is 1. The molecule has 0 radical (unpaired) electrons. The Labute approximate surface area is 164 Å². The Bertz CT molecular complexity index is 984. The third kappa shape index (κ3) is 3.26. The maximum atomic E-state index is 14.7. The van der Waals surface area contributed by atoms with Crippen molar-refractivity contribution in [2.24, 2.45) is 11.8 Å². The monoisotopic (exact) mass is 382 g/mol. The van der Waals surface area contributed by atoms with E-state index in [0.29, 0.717) is 23.6 Å². The van der Waals surface area contributed by atoms with Gasteiger partial charge in [-0.05, 0) is 49.9 Å². The van der Waals surface area contributed by atoms with Crippen molar-refractivity contribution in [1.82, 2.24) is 15.0 Å². The average molecular weight is 382 g/mol. The van der Waals surface area contributed by atoms with Gasteiger partial charge >= 0.3 is 0 Å². The van der Waals surface area contributed by atoms with Crippen molar-refractivity contribution in [3.63, 3.8) is 0 Å². The van der Waals surface area contributed by atoms with E-state index in [1.54, 1.807) is 18.5 Å². The highest BCUT2D eigenvalue weighted by atomic mass is 19.1. The molecule has 1 aliphatic heterocycles. The number of fused-ring (bicyclic) bond motifs is 1. The molecule has 0 amide bonds. The highest BCUT2D eigenvalue weighted by molar-refractivity contribution is 5.92. The van der Waals surface area contributed by atoms with Gasteiger partial charge in [0.2, 0.25) is 0 Å². The first-order valence-electron chi connectivity index (χ1n) is 9.97. The fourth-order valence-corrected chi connectivity index (χ4v) is 4.30. The molecule has 3 aromatic rings. The Morgan fingerprint density at radius 3 is 2.96 bits per heavy atom. The van der Waals surface area contributed by atoms with E-state index in [1.807, 2.05) is 26.0 Å². The standard InChI is InChI=1S/C22H27FN4O/c1-4-22(3,28)17-13-27(11-9-14(17)2)19-8-7-18(23)20(26-19)16-12-25-21-15(16)6-5-10-24-21/h5-8,10,12,14,17,28H,4,9,11,13H2,1-3H3,(H,24,25). The highest BCUT2D eigenvalue weighted by Gasteiger charge is 2.38. The maximum Gasteiger partial charge on any atom is 0.149 e. The zero-order valence-corrected chi connectivity index (χ0v) is 16.6. The van der Waals surface area contributed by atoms with Crippen LogP contribution >= 0.6 is 0 Å². The molecule has 3 unspecified atom stereocenters. The van der Waals surface area contributed by atoms with Gasteiger partial charge in [0.25, 0.3) is 0 Å². The van der Waals surface area contributed by atoms with E-state index in [2.05, 4.69) is 26.8 Å². The van der Waals surface area contributed by atoms with E-state index in [1.165, 1.54) is 6.07 Å². The van der Waals surface area contributed by atoms with Crippen molar-refractivity contribution in [3.8, 4) is 11.3 Å². The topological polar surface area (TPSA) is 65.0 Å². The lowest BCUT2D eigenvalue weighted by molar-refractivity contribution is -0.0305. The number of aromatic nitrogens is 3. The minimum atomic E-state index is -0.719. The smallest absolute Gasteiger partial charge is 0.149 e. The third-order valence-electron chi connectivity index (χ3n) is 6.33. The molecule has 5 nitrogen and oxygen atoms in total. The summed E-state index contributed by atoms with van der Waals surface area (Å²) in [6, 6.07) is 6.97. The number of H-pyrrole nitrogens is 1. The molecule has 2 N–H and O–H groups in total. The minimum Gasteiger partial charge on any atom is -0.390 e. The number of anilines is 1. The van der Waals surface area contributed by atoms with Crippen LogP contribution in [0.5, 0.6) is 0 Å². The van der Waals surface area contributed by atoms with Gasteiger partial charge in [0, 0.05) is 42.4 Å². The summed E-state index contributed by atoms with van der Waals surface area (Å²) in [6.07, 6.45) is 5.15. The van der Waals surface area contributed by atoms with Crippen LogP contribution in [0.4, 0.5) is 10.2 Å². The summed E-state index contributed by atoms with van der Waals surface area (Å²) in [5.41, 5.74) is 1.04. The summed E-state index contributed by atoms with van der Waals surface area (Å²) in [5.74, 6) is 0.985. The minimum absolute atomic E-state index is 0.152. The second-order valence-corrected chi connectivity index (χ2v) is 8.13. The molecule has 1 fully saturated rings. The molecule has 1 saturated heterocycles. The van der Waals surface area contributed by atoms with E-state index in [4.69, 9.17) is 0 Å². The molecule has 0 aliphatic carbocycles. The summed E-state index contributed by atoms with van der Waals surface area (Å²) >= 11 is 0. The molecular formula is C22H27FN4O. The van der Waals surface area contributed by atoms with Gasteiger partial charge < -0.3 is 15.0 Å². The Kier molecular flexibility index (Phi) is 4.83. The van der Waals surface area contributed by atoms with Crippen LogP contribution in [0.1, 0.15) is 33.6 Å². The molecule has 6 heteroatoms. The zero-order chi connectivity index (χ0) is 19.9. The van der Waals surface area contributed by atoms with Crippen LogP contribution in [0.3, 0.4) is 0 Å². The molecular weight excluding hydrogens is 355 g/mol. The number of piperidine rings is 1. The summed E-state index contributed by atoms with van der Waals surface area (Å²) in [5, 5.41) is 11.7. The van der Waals surface area contributed by atoms with E-state index >= 15 is 0 Å². The number of aromatic amines is 1. The Morgan fingerprint density at radius 2 is 2.18 bits per heavy atom. The lowest BCUT2D eigenvalue weighted by Gasteiger charge is -2.44. The van der Waals surface area contributed by atoms with Crippen molar-refractivity contribution in [1.29, 1.82) is 0 Å². The second-order valence-electron chi connectivity index (χ2n) is 8.13. The normalized spacial score (nSPS) is 22.4. The fourth-order valence-electron chi connectivity index (χ4n) is 4.30. The van der Waals surface area contributed by atoms with E-state index in [-0.39, 0.29) is 11.7 Å². The number of aliphatic hydroxyl groups is 1. The number of halogens is 1. The van der Waals surface area contributed by atoms with Crippen LogP contribution in [0.15, 0.2) is 36.7 Å². The molecule has 0 aromatic carbocycles. The number of hydrogen-bond donors (Lipinski definition) is 2.